The molecule has 2 aromatic carbocycles. The zero-order chi connectivity index (χ0) is 22.3. The van der Waals surface area contributed by atoms with E-state index < -0.39 is 21.8 Å². The Labute approximate surface area is 184 Å². The number of thiazole rings is 1. The van der Waals surface area contributed by atoms with Crippen LogP contribution in [0.2, 0.25) is 0 Å². The number of rotatable bonds is 8. The highest BCUT2D eigenvalue weighted by atomic mass is 32.2. The van der Waals surface area contributed by atoms with Gasteiger partial charge in [-0.15, -0.1) is 11.3 Å². The fraction of sp³-hybridized carbons (Fsp3) is 0.190. The second-order valence-electron chi connectivity index (χ2n) is 6.67. The van der Waals surface area contributed by atoms with E-state index >= 15 is 0 Å². The molecule has 0 unspecified atom stereocenters. The largest absolute Gasteiger partial charge is 0.284 e. The van der Waals surface area contributed by atoms with Crippen LogP contribution in [-0.4, -0.2) is 31.0 Å². The molecule has 0 radical (unpaired) electrons. The molecule has 0 spiro atoms. The fourth-order valence-electron chi connectivity index (χ4n) is 2.74. The van der Waals surface area contributed by atoms with E-state index in [1.54, 1.807) is 19.1 Å². The van der Waals surface area contributed by atoms with E-state index in [-0.39, 0.29) is 23.4 Å². The molecule has 3 N–H and O–H groups in total. The van der Waals surface area contributed by atoms with Crippen molar-refractivity contribution in [2.45, 2.75) is 19.8 Å². The first-order chi connectivity index (χ1) is 14.9. The van der Waals surface area contributed by atoms with Gasteiger partial charge in [-0.05, 0) is 24.6 Å². The lowest BCUT2D eigenvalue weighted by Crippen LogP contribution is -2.42. The standard InChI is InChI=1S/C21H22N4O4S2/c1-2-11-31(28,29)25-17-10-6-9-16(12-17)21(27)24-23-19(26)13-20-22-18(14-30-20)15-7-4-3-5-8-15/h3-10,12,14,25H,2,11,13H2,1H3,(H,23,26)(H,24,27). The highest BCUT2D eigenvalue weighted by molar-refractivity contribution is 7.92. The van der Waals surface area contributed by atoms with E-state index in [1.807, 2.05) is 35.7 Å². The summed E-state index contributed by atoms with van der Waals surface area (Å²) in [6.07, 6.45) is 0.502. The minimum absolute atomic E-state index is 0.0117. The van der Waals surface area contributed by atoms with Crippen molar-refractivity contribution >= 4 is 38.9 Å². The Morgan fingerprint density at radius 1 is 1.03 bits per heavy atom. The molecular formula is C21H22N4O4S2. The van der Waals surface area contributed by atoms with Crippen LogP contribution in [0.5, 0.6) is 0 Å². The van der Waals surface area contributed by atoms with Crippen molar-refractivity contribution in [3.63, 3.8) is 0 Å². The van der Waals surface area contributed by atoms with Crippen molar-refractivity contribution in [1.29, 1.82) is 0 Å². The Bertz CT molecular complexity index is 1160. The summed E-state index contributed by atoms with van der Waals surface area (Å²) in [5.74, 6) is -0.987. The van der Waals surface area contributed by atoms with Crippen molar-refractivity contribution in [2.24, 2.45) is 0 Å². The number of hydrogen-bond acceptors (Lipinski definition) is 6. The maximum absolute atomic E-state index is 12.3. The van der Waals surface area contributed by atoms with Crippen LogP contribution in [0.4, 0.5) is 5.69 Å². The van der Waals surface area contributed by atoms with Gasteiger partial charge in [0.15, 0.2) is 0 Å². The quantitative estimate of drug-likeness (QED) is 0.449. The lowest BCUT2D eigenvalue weighted by atomic mass is 10.2. The highest BCUT2D eigenvalue weighted by Crippen LogP contribution is 2.21. The molecule has 0 aliphatic heterocycles. The molecule has 3 rings (SSSR count). The SMILES string of the molecule is CCCS(=O)(=O)Nc1cccc(C(=O)NNC(=O)Cc2nc(-c3ccccc3)cs2)c1. The molecule has 162 valence electrons. The summed E-state index contributed by atoms with van der Waals surface area (Å²) in [5.41, 5.74) is 6.93. The number of anilines is 1. The number of nitrogens with one attached hydrogen (secondary N) is 3. The van der Waals surface area contributed by atoms with Crippen molar-refractivity contribution in [3.05, 3.63) is 70.5 Å². The molecule has 1 aromatic heterocycles. The minimum atomic E-state index is -3.46. The van der Waals surface area contributed by atoms with Crippen molar-refractivity contribution < 1.29 is 18.0 Å². The number of amides is 2. The van der Waals surface area contributed by atoms with Gasteiger partial charge in [0.05, 0.1) is 17.9 Å². The number of nitrogens with zero attached hydrogens (tertiary/aromatic N) is 1. The molecule has 0 atom stereocenters. The normalized spacial score (nSPS) is 11.0. The van der Waals surface area contributed by atoms with Crippen LogP contribution in [0, 0.1) is 0 Å². The zero-order valence-corrected chi connectivity index (χ0v) is 18.4. The fourth-order valence-corrected chi connectivity index (χ4v) is 4.66. The second-order valence-corrected chi connectivity index (χ2v) is 9.46. The van der Waals surface area contributed by atoms with Crippen LogP contribution in [-0.2, 0) is 21.2 Å². The molecule has 0 fully saturated rings. The summed E-state index contributed by atoms with van der Waals surface area (Å²) in [6.45, 7) is 1.76. The zero-order valence-electron chi connectivity index (χ0n) is 16.8. The van der Waals surface area contributed by atoms with Crippen LogP contribution >= 0.6 is 11.3 Å². The minimum Gasteiger partial charge on any atom is -0.284 e. The second kappa shape index (κ2) is 10.2. The maximum Gasteiger partial charge on any atom is 0.269 e. The number of aromatic nitrogens is 1. The molecule has 31 heavy (non-hydrogen) atoms. The predicted molar refractivity (Wildman–Crippen MR) is 121 cm³/mol. The van der Waals surface area contributed by atoms with E-state index in [2.05, 4.69) is 20.6 Å². The van der Waals surface area contributed by atoms with E-state index in [9.17, 15) is 18.0 Å². The molecule has 0 saturated heterocycles. The molecule has 0 saturated carbocycles. The summed E-state index contributed by atoms with van der Waals surface area (Å²) in [6, 6.07) is 15.7. The van der Waals surface area contributed by atoms with E-state index in [0.717, 1.165) is 11.3 Å². The summed E-state index contributed by atoms with van der Waals surface area (Å²) in [7, 11) is -3.46. The molecule has 0 aliphatic carbocycles. The average molecular weight is 459 g/mol. The van der Waals surface area contributed by atoms with E-state index in [4.69, 9.17) is 0 Å². The Hall–Kier alpha value is -3.24. The summed E-state index contributed by atoms with van der Waals surface area (Å²) in [5, 5.41) is 2.50. The topological polar surface area (TPSA) is 117 Å². The van der Waals surface area contributed by atoms with Gasteiger partial charge in [0.2, 0.25) is 15.9 Å². The number of carbonyl (C=O) groups is 2. The van der Waals surface area contributed by atoms with Crippen molar-refractivity contribution in [1.82, 2.24) is 15.8 Å². The van der Waals surface area contributed by atoms with Crippen molar-refractivity contribution in [2.75, 3.05) is 10.5 Å². The lowest BCUT2D eigenvalue weighted by molar-refractivity contribution is -0.121. The number of sulfonamides is 1. The molecule has 2 amide bonds. The van der Waals surface area contributed by atoms with Gasteiger partial charge < -0.3 is 0 Å². The molecule has 10 heteroatoms. The first-order valence-electron chi connectivity index (χ1n) is 9.56. The lowest BCUT2D eigenvalue weighted by Gasteiger charge is -2.10. The van der Waals surface area contributed by atoms with Crippen LogP contribution in [0.25, 0.3) is 11.3 Å². The number of hydrazine groups is 1. The smallest absolute Gasteiger partial charge is 0.269 e. The predicted octanol–water partition coefficient (Wildman–Crippen LogP) is 2.97. The van der Waals surface area contributed by atoms with Gasteiger partial charge in [-0.3, -0.25) is 25.2 Å². The Balaban J connectivity index is 1.54. The molecular weight excluding hydrogens is 436 g/mol. The Kier molecular flexibility index (Phi) is 7.37. The summed E-state index contributed by atoms with van der Waals surface area (Å²) < 4.78 is 26.2. The third-order valence-electron chi connectivity index (χ3n) is 4.12. The van der Waals surface area contributed by atoms with Crippen LogP contribution in [0.15, 0.2) is 60.0 Å². The Morgan fingerprint density at radius 3 is 2.55 bits per heavy atom. The average Bonchev–Trinajstić information content (AvgIpc) is 3.21. The van der Waals surface area contributed by atoms with Gasteiger partial charge in [0, 0.05) is 22.2 Å². The highest BCUT2D eigenvalue weighted by Gasteiger charge is 2.13. The van der Waals surface area contributed by atoms with Crippen LogP contribution in [0.1, 0.15) is 28.7 Å². The molecule has 8 nitrogen and oxygen atoms in total. The van der Waals surface area contributed by atoms with Gasteiger partial charge in [-0.2, -0.15) is 0 Å². The third kappa shape index (κ3) is 6.63. The maximum atomic E-state index is 12.3. The van der Waals surface area contributed by atoms with E-state index in [0.29, 0.717) is 11.4 Å². The first kappa shape index (κ1) is 22.4. The molecule has 0 aliphatic rings. The monoisotopic (exact) mass is 458 g/mol. The Morgan fingerprint density at radius 2 is 1.81 bits per heavy atom. The number of carbonyl (C=O) groups excluding carboxylic acids is 2. The third-order valence-corrected chi connectivity index (χ3v) is 6.46. The summed E-state index contributed by atoms with van der Waals surface area (Å²) in [4.78, 5) is 28.9. The van der Waals surface area contributed by atoms with E-state index in [1.165, 1.54) is 23.5 Å². The summed E-state index contributed by atoms with van der Waals surface area (Å²) >= 11 is 1.36. The van der Waals surface area contributed by atoms with Gasteiger partial charge in [-0.1, -0.05) is 43.3 Å². The molecule has 1 heterocycles. The first-order valence-corrected chi connectivity index (χ1v) is 12.1. The van der Waals surface area contributed by atoms with Gasteiger partial charge in [0.1, 0.15) is 5.01 Å². The molecule has 3 aromatic rings. The van der Waals surface area contributed by atoms with Gasteiger partial charge in [0.25, 0.3) is 5.91 Å². The van der Waals surface area contributed by atoms with Gasteiger partial charge >= 0.3 is 0 Å². The molecule has 0 bridgehead atoms. The van der Waals surface area contributed by atoms with Crippen LogP contribution in [0.3, 0.4) is 0 Å². The van der Waals surface area contributed by atoms with Crippen molar-refractivity contribution in [3.8, 4) is 11.3 Å². The number of hydrogen-bond donors (Lipinski definition) is 3. The van der Waals surface area contributed by atoms with Crippen LogP contribution < -0.4 is 15.6 Å². The number of benzene rings is 2. The van der Waals surface area contributed by atoms with Gasteiger partial charge in [-0.25, -0.2) is 13.4 Å².